The number of nitrogens with one attached hydrogen (secondary N) is 1. The van der Waals surface area contributed by atoms with Crippen molar-refractivity contribution in [2.75, 3.05) is 26.4 Å². The number of likely N-dealkylation sites (tertiary alicyclic amines) is 1. The van der Waals surface area contributed by atoms with Gasteiger partial charge in [0.1, 0.15) is 48.1 Å². The molecule has 0 unspecified atom stereocenters. The SMILES string of the molecule is CCCCCC1(CCCCC)O[C@@H]2[C@H](O1)[C@H]1ON(Cc3ccc(C=COCCO)cc3)[C@@H]3C(=O)O[C@@H]2C[C@]13C(=O)N1CCC[C@@H]1C(=O)N[C@H](CO)CCC(=O)OC(C)(C)C. The fraction of sp³-hybridized carbons (Fsp3) is 0.733. The van der Waals surface area contributed by atoms with E-state index >= 15 is 4.79 Å². The molecule has 4 heterocycles. The fourth-order valence-electron chi connectivity index (χ4n) is 9.58. The van der Waals surface area contributed by atoms with Gasteiger partial charge in [-0.3, -0.25) is 24.0 Å². The second-order valence-electron chi connectivity index (χ2n) is 18.0. The van der Waals surface area contributed by atoms with Gasteiger partial charge in [-0.05, 0) is 70.1 Å². The number of esters is 2. The van der Waals surface area contributed by atoms with E-state index in [1.54, 1.807) is 36.8 Å². The summed E-state index contributed by atoms with van der Waals surface area (Å²) in [5, 5.41) is 23.6. The lowest BCUT2D eigenvalue weighted by atomic mass is 9.62. The van der Waals surface area contributed by atoms with Crippen LogP contribution >= 0.6 is 0 Å². The molecule has 1 saturated carbocycles. The largest absolute Gasteiger partial charge is 0.499 e. The molecule has 0 spiro atoms. The number of hydrogen-bond acceptors (Lipinski definition) is 13. The van der Waals surface area contributed by atoms with Gasteiger partial charge in [-0.25, -0.2) is 0 Å². The van der Waals surface area contributed by atoms with E-state index < -0.39 is 83.8 Å². The Labute approximate surface area is 354 Å². The van der Waals surface area contributed by atoms with E-state index in [2.05, 4.69) is 19.2 Å². The van der Waals surface area contributed by atoms with Crippen molar-refractivity contribution in [1.29, 1.82) is 0 Å². The topological polar surface area (TPSA) is 183 Å². The maximum Gasteiger partial charge on any atom is 0.327 e. The molecule has 4 aliphatic heterocycles. The quantitative estimate of drug-likeness (QED) is 0.0882. The lowest BCUT2D eigenvalue weighted by molar-refractivity contribution is -0.225. The van der Waals surface area contributed by atoms with Gasteiger partial charge in [-0.1, -0.05) is 63.8 Å². The van der Waals surface area contributed by atoms with E-state index in [0.29, 0.717) is 32.2 Å². The van der Waals surface area contributed by atoms with Crippen molar-refractivity contribution in [2.45, 2.75) is 179 Å². The van der Waals surface area contributed by atoms with Gasteiger partial charge in [-0.15, -0.1) is 0 Å². The Morgan fingerprint density at radius 1 is 1.02 bits per heavy atom. The molecule has 0 radical (unpaired) electrons. The van der Waals surface area contributed by atoms with Gasteiger partial charge in [0.2, 0.25) is 11.8 Å². The first kappa shape index (κ1) is 45.9. The molecule has 5 aliphatic rings. The molecule has 4 saturated heterocycles. The van der Waals surface area contributed by atoms with Crippen LogP contribution in [0.4, 0.5) is 0 Å². The number of carbonyl (C=O) groups is 4. The first-order valence-corrected chi connectivity index (χ1v) is 22.2. The summed E-state index contributed by atoms with van der Waals surface area (Å²) in [6.45, 7) is 9.79. The molecule has 5 fully saturated rings. The smallest absolute Gasteiger partial charge is 0.327 e. The molecule has 8 atom stereocenters. The Balaban J connectivity index is 1.29. The number of benzene rings is 1. The van der Waals surface area contributed by atoms with Crippen LogP contribution in [0.3, 0.4) is 0 Å². The van der Waals surface area contributed by atoms with Crippen LogP contribution in [-0.2, 0) is 54.2 Å². The second kappa shape index (κ2) is 20.1. The maximum atomic E-state index is 15.5. The summed E-state index contributed by atoms with van der Waals surface area (Å²) < 4.78 is 30.9. The third-order valence-electron chi connectivity index (χ3n) is 12.4. The number of aliphatic hydroxyl groups excluding tert-OH is 2. The maximum absolute atomic E-state index is 15.5. The number of rotatable bonds is 21. The summed E-state index contributed by atoms with van der Waals surface area (Å²) in [6.07, 6.45) is 8.73. The van der Waals surface area contributed by atoms with Crippen LogP contribution in [0.25, 0.3) is 6.08 Å². The van der Waals surface area contributed by atoms with Gasteiger partial charge >= 0.3 is 11.9 Å². The van der Waals surface area contributed by atoms with Gasteiger partial charge in [0.15, 0.2) is 11.8 Å². The van der Waals surface area contributed by atoms with Gasteiger partial charge < -0.3 is 44.1 Å². The second-order valence-corrected chi connectivity index (χ2v) is 18.0. The highest BCUT2D eigenvalue weighted by molar-refractivity contribution is 5.96. The van der Waals surface area contributed by atoms with E-state index in [9.17, 15) is 19.5 Å². The minimum absolute atomic E-state index is 0.000704. The van der Waals surface area contributed by atoms with Crippen molar-refractivity contribution in [3.63, 3.8) is 0 Å². The van der Waals surface area contributed by atoms with Crippen LogP contribution in [0.15, 0.2) is 30.5 Å². The Hall–Kier alpha value is -3.60. The summed E-state index contributed by atoms with van der Waals surface area (Å²) >= 11 is 0. The molecule has 1 aromatic rings. The van der Waals surface area contributed by atoms with Gasteiger partial charge in [0.25, 0.3) is 0 Å². The summed E-state index contributed by atoms with van der Waals surface area (Å²) in [5.41, 5.74) is -0.418. The molecule has 6 rings (SSSR count). The van der Waals surface area contributed by atoms with Crippen molar-refractivity contribution in [3.8, 4) is 0 Å². The molecule has 2 amide bonds. The Morgan fingerprint density at radius 2 is 1.72 bits per heavy atom. The van der Waals surface area contributed by atoms with Crippen LogP contribution in [0, 0.1) is 5.41 Å². The molecule has 1 aliphatic carbocycles. The van der Waals surface area contributed by atoms with E-state index in [1.807, 2.05) is 24.3 Å². The van der Waals surface area contributed by atoms with Gasteiger partial charge in [0, 0.05) is 32.2 Å². The minimum Gasteiger partial charge on any atom is -0.499 e. The zero-order chi connectivity index (χ0) is 43.1. The van der Waals surface area contributed by atoms with Crippen LogP contribution in [0.5, 0.6) is 0 Å². The average molecular weight is 842 g/mol. The third-order valence-corrected chi connectivity index (χ3v) is 12.4. The highest BCUT2D eigenvalue weighted by atomic mass is 16.8. The fourth-order valence-corrected chi connectivity index (χ4v) is 9.58. The number of amides is 2. The first-order valence-electron chi connectivity index (χ1n) is 22.2. The first-order chi connectivity index (χ1) is 28.8. The number of nitrogens with zero attached hydrogens (tertiary/aromatic N) is 2. The number of ether oxygens (including phenoxy) is 5. The summed E-state index contributed by atoms with van der Waals surface area (Å²) in [5.74, 6) is -2.73. The molecular weight excluding hydrogens is 775 g/mol. The minimum atomic E-state index is -1.45. The number of hydrogen-bond donors (Lipinski definition) is 3. The molecule has 15 heteroatoms. The standard InChI is InChI=1S/C45H67N3O12/c1-6-8-10-21-44(22-11-9-7-2)58-36-34-27-45(42(54)47-23-12-13-33(47)40(52)46-32(29-50)18-19-35(51)57-43(3,4)5)38(41(53)56-34)48(60-39(45)37(36)59-44)28-31-16-14-30(15-17-31)20-25-55-26-24-49/h14-17,20,25,32-34,36-39,49-50H,6-13,18-19,21-24,26-29H2,1-5H3,(H,46,52)/t32-,33+,34+,36-,37-,38+,39+,45+/m0/s1. The molecule has 15 nitrogen and oxygen atoms in total. The van der Waals surface area contributed by atoms with E-state index in [1.165, 1.54) is 6.26 Å². The number of unbranched alkanes of at least 4 members (excludes halogenated alkanes) is 4. The van der Waals surface area contributed by atoms with E-state index in [4.69, 9.17) is 33.6 Å². The number of hydroxylamine groups is 2. The van der Waals surface area contributed by atoms with Crippen molar-refractivity contribution < 1.29 is 57.9 Å². The number of carbonyl (C=O) groups excluding carboxylic acids is 4. The predicted octanol–water partition coefficient (Wildman–Crippen LogP) is 4.70. The Morgan fingerprint density at radius 3 is 2.37 bits per heavy atom. The zero-order valence-corrected chi connectivity index (χ0v) is 36.1. The molecule has 334 valence electrons. The third kappa shape index (κ3) is 10.2. The van der Waals surface area contributed by atoms with Crippen molar-refractivity contribution >= 4 is 29.8 Å². The predicted molar refractivity (Wildman–Crippen MR) is 219 cm³/mol. The van der Waals surface area contributed by atoms with Crippen LogP contribution in [-0.4, -0.2) is 124 Å². The molecule has 2 bridgehead atoms. The van der Waals surface area contributed by atoms with Gasteiger partial charge in [-0.2, -0.15) is 5.06 Å². The van der Waals surface area contributed by atoms with E-state index in [0.717, 1.165) is 49.7 Å². The average Bonchev–Trinajstić information content (AvgIpc) is 3.94. The zero-order valence-electron chi connectivity index (χ0n) is 36.1. The molecule has 3 N–H and O–H groups in total. The highest BCUT2D eigenvalue weighted by Gasteiger charge is 2.77. The lowest BCUT2D eigenvalue weighted by Gasteiger charge is -2.50. The lowest BCUT2D eigenvalue weighted by Crippen LogP contribution is -2.70. The summed E-state index contributed by atoms with van der Waals surface area (Å²) in [6, 6.07) is 4.91. The normalized spacial score (nSPS) is 28.7. The van der Waals surface area contributed by atoms with Crippen molar-refractivity contribution in [2.24, 2.45) is 5.41 Å². The monoisotopic (exact) mass is 841 g/mol. The molecular formula is C45H67N3O12. The molecule has 60 heavy (non-hydrogen) atoms. The van der Waals surface area contributed by atoms with Gasteiger partial charge in [0.05, 0.1) is 32.1 Å². The van der Waals surface area contributed by atoms with Crippen LogP contribution in [0.1, 0.15) is 129 Å². The molecule has 1 aromatic carbocycles. The van der Waals surface area contributed by atoms with Crippen LogP contribution < -0.4 is 5.32 Å². The summed E-state index contributed by atoms with van der Waals surface area (Å²) in [7, 11) is 0. The van der Waals surface area contributed by atoms with Crippen LogP contribution in [0.2, 0.25) is 0 Å². The number of fused-ring (bicyclic) bond motifs is 4. The van der Waals surface area contributed by atoms with Crippen molar-refractivity contribution in [1.82, 2.24) is 15.3 Å². The van der Waals surface area contributed by atoms with Crippen molar-refractivity contribution in [3.05, 3.63) is 41.7 Å². The summed E-state index contributed by atoms with van der Waals surface area (Å²) in [4.78, 5) is 64.8. The number of aliphatic hydroxyl groups is 2. The molecule has 0 aromatic heterocycles. The highest BCUT2D eigenvalue weighted by Crippen LogP contribution is 2.59. The Kier molecular flexibility index (Phi) is 15.4. The van der Waals surface area contributed by atoms with E-state index in [-0.39, 0.29) is 44.9 Å². The Bertz CT molecular complexity index is 1650.